The minimum absolute atomic E-state index is 0.0199. The van der Waals surface area contributed by atoms with E-state index in [4.69, 9.17) is 10.0 Å². The molecule has 4 amide bonds. The Hall–Kier alpha value is -7.12. The highest BCUT2D eigenvalue weighted by Crippen LogP contribution is 2.35. The van der Waals surface area contributed by atoms with Crippen LogP contribution in [0.5, 0.6) is 0 Å². The number of pyridine rings is 2. The minimum Gasteiger partial charge on any atom is -0.481 e. The highest BCUT2D eigenvalue weighted by Gasteiger charge is 2.33. The number of para-hydroxylation sites is 2. The maximum absolute atomic E-state index is 12.5. The van der Waals surface area contributed by atoms with E-state index < -0.39 is 35.6 Å². The first kappa shape index (κ1) is 39.6. The van der Waals surface area contributed by atoms with Gasteiger partial charge in [-0.1, -0.05) is 97.1 Å². The molecule has 0 spiro atoms. The lowest BCUT2D eigenvalue weighted by molar-refractivity contribution is -0.197. The van der Waals surface area contributed by atoms with Gasteiger partial charge < -0.3 is 9.94 Å². The van der Waals surface area contributed by atoms with Gasteiger partial charge in [0.2, 0.25) is 0 Å². The number of benzene rings is 4. The molecule has 4 aromatic carbocycles. The van der Waals surface area contributed by atoms with E-state index in [2.05, 4.69) is 9.97 Å². The third-order valence-corrected chi connectivity index (χ3v) is 9.40. The van der Waals surface area contributed by atoms with Gasteiger partial charge in [0, 0.05) is 47.8 Å². The molecule has 0 unspecified atom stereocenters. The number of amides is 4. The molecule has 2 fully saturated rings. The summed E-state index contributed by atoms with van der Waals surface area (Å²) in [5.74, 6) is -3.50. The molecule has 0 aliphatic carbocycles. The summed E-state index contributed by atoms with van der Waals surface area (Å²) in [5, 5.41) is 20.3. The van der Waals surface area contributed by atoms with Crippen molar-refractivity contribution in [2.45, 2.75) is 52.4 Å². The third-order valence-electron chi connectivity index (χ3n) is 9.40. The van der Waals surface area contributed by atoms with Crippen LogP contribution in [-0.4, -0.2) is 66.0 Å². The van der Waals surface area contributed by atoms with E-state index in [1.54, 1.807) is 0 Å². The van der Waals surface area contributed by atoms with Crippen molar-refractivity contribution in [1.29, 1.82) is 0 Å². The summed E-state index contributed by atoms with van der Waals surface area (Å²) < 4.78 is 0. The summed E-state index contributed by atoms with van der Waals surface area (Å²) in [4.78, 5) is 81.9. The molecular formula is C44H38N4O9. The molecule has 2 aliphatic heterocycles. The Bertz CT molecular complexity index is 2490. The number of hydrogen-bond donors (Lipinski definition) is 2. The number of imide groups is 2. The number of nitrogens with zero attached hydrogens (tertiary/aromatic N) is 4. The SMILES string of the molecule is Cc1nc2ccccc2c(-c2ccccc2)c1CC(=O)O.Cc1nc2ccccc2c(-c2ccccc2)c1CC(=O)ON1C(=O)CCC1=O.O=C1CCC(=O)N1O. The van der Waals surface area contributed by atoms with Crippen molar-refractivity contribution in [3.8, 4) is 22.3 Å². The molecule has 0 bridgehead atoms. The van der Waals surface area contributed by atoms with Crippen molar-refractivity contribution in [1.82, 2.24) is 20.1 Å². The summed E-state index contributed by atoms with van der Waals surface area (Å²) in [5.41, 5.74) is 8.56. The van der Waals surface area contributed by atoms with Crippen LogP contribution in [-0.2, 0) is 46.4 Å². The van der Waals surface area contributed by atoms with E-state index in [0.29, 0.717) is 16.3 Å². The van der Waals surface area contributed by atoms with Crippen molar-refractivity contribution < 1.29 is 43.9 Å². The first-order valence-electron chi connectivity index (χ1n) is 18.1. The first-order chi connectivity index (χ1) is 27.4. The number of carboxylic acid groups (broad SMARTS) is 1. The summed E-state index contributed by atoms with van der Waals surface area (Å²) in [6, 6.07) is 35.2. The molecule has 2 saturated heterocycles. The number of carbonyl (C=O) groups is 6. The molecule has 0 atom stereocenters. The van der Waals surface area contributed by atoms with E-state index in [-0.39, 0.29) is 43.6 Å². The Labute approximate surface area is 327 Å². The molecule has 13 heteroatoms. The molecule has 2 N–H and O–H groups in total. The molecule has 0 radical (unpaired) electrons. The number of aryl methyl sites for hydroxylation is 2. The molecule has 288 valence electrons. The Morgan fingerprint density at radius 3 is 1.37 bits per heavy atom. The van der Waals surface area contributed by atoms with Crippen LogP contribution in [0.4, 0.5) is 0 Å². The van der Waals surface area contributed by atoms with Gasteiger partial charge in [-0.05, 0) is 59.4 Å². The molecule has 13 nitrogen and oxygen atoms in total. The van der Waals surface area contributed by atoms with E-state index >= 15 is 0 Å². The summed E-state index contributed by atoms with van der Waals surface area (Å²) in [7, 11) is 0. The molecule has 57 heavy (non-hydrogen) atoms. The zero-order valence-corrected chi connectivity index (χ0v) is 31.2. The van der Waals surface area contributed by atoms with Crippen LogP contribution in [0.2, 0.25) is 0 Å². The van der Waals surface area contributed by atoms with E-state index in [0.717, 1.165) is 55.3 Å². The van der Waals surface area contributed by atoms with Gasteiger partial charge in [-0.2, -0.15) is 5.06 Å². The number of aromatic nitrogens is 2. The Balaban J connectivity index is 0.000000166. The number of fused-ring (bicyclic) bond motifs is 2. The van der Waals surface area contributed by atoms with Gasteiger partial charge >= 0.3 is 11.9 Å². The zero-order chi connectivity index (χ0) is 40.6. The van der Waals surface area contributed by atoms with Crippen LogP contribution >= 0.6 is 0 Å². The quantitative estimate of drug-likeness (QED) is 0.130. The molecule has 2 aliphatic rings. The van der Waals surface area contributed by atoms with Crippen molar-refractivity contribution in [3.05, 3.63) is 132 Å². The number of carbonyl (C=O) groups excluding carboxylic acids is 5. The smallest absolute Gasteiger partial charge is 0.337 e. The van der Waals surface area contributed by atoms with E-state index in [1.807, 2.05) is 123 Å². The summed E-state index contributed by atoms with van der Waals surface area (Å²) in [6.45, 7) is 3.71. The number of rotatable bonds is 7. The first-order valence-corrected chi connectivity index (χ1v) is 18.1. The monoisotopic (exact) mass is 766 g/mol. The fraction of sp³-hybridized carbons (Fsp3) is 0.182. The van der Waals surface area contributed by atoms with E-state index in [9.17, 15) is 33.9 Å². The molecule has 2 aromatic heterocycles. The van der Waals surface area contributed by atoms with Crippen LogP contribution in [0.3, 0.4) is 0 Å². The number of aliphatic carboxylic acids is 1. The zero-order valence-electron chi connectivity index (χ0n) is 31.2. The number of carboxylic acids is 1. The predicted molar refractivity (Wildman–Crippen MR) is 209 cm³/mol. The highest BCUT2D eigenvalue weighted by atomic mass is 16.7. The standard InChI is InChI=1S/C22H18N2O4.C18H15NO2.C4H5NO3/c1-14-17(13-21(27)28-24-19(25)11-12-20(24)26)22(15-7-3-2-4-8-15)16-9-5-6-10-18(16)23-14;1-12-15(11-17(20)21)18(13-7-3-2-4-8-13)14-9-5-6-10-16(14)19-12;6-3-1-2-4(7)5(3)8/h2-10H,11-13H2,1H3;2-10H,11H2,1H3,(H,20,21);8H,1-2H2. The largest absolute Gasteiger partial charge is 0.481 e. The van der Waals surface area contributed by atoms with Crippen LogP contribution in [0, 0.1) is 13.8 Å². The van der Waals surface area contributed by atoms with Gasteiger partial charge in [0.25, 0.3) is 23.6 Å². The second-order valence-electron chi connectivity index (χ2n) is 13.3. The normalized spacial score (nSPS) is 13.7. The van der Waals surface area contributed by atoms with Crippen molar-refractivity contribution in [2.24, 2.45) is 0 Å². The average molecular weight is 767 g/mol. The number of hydrogen-bond acceptors (Lipinski definition) is 10. The van der Waals surface area contributed by atoms with Gasteiger partial charge in [0.05, 0.1) is 23.9 Å². The lowest BCUT2D eigenvalue weighted by Gasteiger charge is -2.17. The highest BCUT2D eigenvalue weighted by molar-refractivity contribution is 6.03. The topological polar surface area (TPSA) is 184 Å². The molecule has 8 rings (SSSR count). The predicted octanol–water partition coefficient (Wildman–Crippen LogP) is 6.72. The fourth-order valence-corrected chi connectivity index (χ4v) is 6.70. The lowest BCUT2D eigenvalue weighted by Crippen LogP contribution is -2.32. The lowest BCUT2D eigenvalue weighted by atomic mass is 9.93. The maximum atomic E-state index is 12.5. The van der Waals surface area contributed by atoms with Crippen molar-refractivity contribution in [3.63, 3.8) is 0 Å². The van der Waals surface area contributed by atoms with Gasteiger partial charge in [-0.25, -0.2) is 4.79 Å². The van der Waals surface area contributed by atoms with E-state index in [1.165, 1.54) is 0 Å². The van der Waals surface area contributed by atoms with Crippen LogP contribution in [0.25, 0.3) is 44.1 Å². The Morgan fingerprint density at radius 1 is 0.579 bits per heavy atom. The van der Waals surface area contributed by atoms with Crippen molar-refractivity contribution in [2.75, 3.05) is 0 Å². The van der Waals surface area contributed by atoms with Gasteiger partial charge in [-0.15, -0.1) is 5.06 Å². The molecule has 4 heterocycles. The Morgan fingerprint density at radius 2 is 0.965 bits per heavy atom. The van der Waals surface area contributed by atoms with Crippen LogP contribution in [0.1, 0.15) is 48.2 Å². The average Bonchev–Trinajstić information content (AvgIpc) is 3.69. The van der Waals surface area contributed by atoms with Crippen LogP contribution < -0.4 is 0 Å². The Kier molecular flexibility index (Phi) is 12.2. The summed E-state index contributed by atoms with van der Waals surface area (Å²) in [6.07, 6.45) is 0.319. The molecule has 0 saturated carbocycles. The van der Waals surface area contributed by atoms with Crippen molar-refractivity contribution >= 4 is 57.4 Å². The second kappa shape index (κ2) is 17.6. The van der Waals surface area contributed by atoms with Crippen LogP contribution in [0.15, 0.2) is 109 Å². The number of hydroxylamine groups is 4. The summed E-state index contributed by atoms with van der Waals surface area (Å²) >= 11 is 0. The third kappa shape index (κ3) is 9.06. The van der Waals surface area contributed by atoms with Gasteiger partial charge in [-0.3, -0.25) is 39.1 Å². The molecular weight excluding hydrogens is 729 g/mol. The van der Waals surface area contributed by atoms with Gasteiger partial charge in [0.15, 0.2) is 0 Å². The van der Waals surface area contributed by atoms with Gasteiger partial charge in [0.1, 0.15) is 0 Å². The molecule has 6 aromatic rings. The minimum atomic E-state index is -0.840. The second-order valence-corrected chi connectivity index (χ2v) is 13.3. The maximum Gasteiger partial charge on any atom is 0.337 e. The fourth-order valence-electron chi connectivity index (χ4n) is 6.70.